The van der Waals surface area contributed by atoms with Gasteiger partial charge in [0.2, 0.25) is 5.91 Å². The minimum absolute atomic E-state index is 0.0896. The first kappa shape index (κ1) is 27.4. The zero-order valence-electron chi connectivity index (χ0n) is 22.5. The van der Waals surface area contributed by atoms with Crippen molar-refractivity contribution in [2.45, 2.75) is 44.5 Å². The van der Waals surface area contributed by atoms with Gasteiger partial charge in [0.1, 0.15) is 30.8 Å². The molecule has 0 spiro atoms. The number of hydrogen-bond donors (Lipinski definition) is 2. The molecule has 2 N–H and O–H groups in total. The van der Waals surface area contributed by atoms with Crippen LogP contribution in [0.4, 0.5) is 5.13 Å². The van der Waals surface area contributed by atoms with Crippen molar-refractivity contribution in [2.24, 2.45) is 11.0 Å². The highest BCUT2D eigenvalue weighted by molar-refractivity contribution is 7.14. The van der Waals surface area contributed by atoms with E-state index in [1.54, 1.807) is 23.5 Å². The lowest BCUT2D eigenvalue weighted by Gasteiger charge is -2.32. The van der Waals surface area contributed by atoms with E-state index in [0.717, 1.165) is 42.6 Å². The first-order valence-electron chi connectivity index (χ1n) is 13.4. The van der Waals surface area contributed by atoms with Crippen LogP contribution in [0.3, 0.4) is 0 Å². The summed E-state index contributed by atoms with van der Waals surface area (Å²) in [6.45, 7) is 7.84. The summed E-state index contributed by atoms with van der Waals surface area (Å²) in [6, 6.07) is 5.09. The Morgan fingerprint density at radius 3 is 2.62 bits per heavy atom. The third kappa shape index (κ3) is 5.45. The van der Waals surface area contributed by atoms with Gasteiger partial charge in [-0.15, -0.1) is 11.3 Å². The highest BCUT2D eigenvalue weighted by Crippen LogP contribution is 2.31. The largest absolute Gasteiger partial charge is 0.365 e. The SMILES string of the molecule is CCC(C)[C@H](NC(=O)c1ccc(-c2csc(N3CCN(C)CC3)n2)cc1)C(=O)N1C[C@@H](N=N)[C@H]2OCC(=O)[C@H]21. The van der Waals surface area contributed by atoms with Crippen molar-refractivity contribution in [1.29, 1.82) is 5.53 Å². The number of ether oxygens (including phenoxy) is 1. The molecule has 208 valence electrons. The van der Waals surface area contributed by atoms with Crippen molar-refractivity contribution in [3.05, 3.63) is 35.2 Å². The number of likely N-dealkylation sites (tertiary alicyclic amines) is 1. The summed E-state index contributed by atoms with van der Waals surface area (Å²) in [4.78, 5) is 50.2. The maximum absolute atomic E-state index is 13.6. The van der Waals surface area contributed by atoms with Gasteiger partial charge < -0.3 is 24.8 Å². The Balaban J connectivity index is 1.27. The molecule has 0 bridgehead atoms. The van der Waals surface area contributed by atoms with Gasteiger partial charge in [-0.1, -0.05) is 32.4 Å². The van der Waals surface area contributed by atoms with Gasteiger partial charge in [0, 0.05) is 49.2 Å². The molecule has 1 aromatic heterocycles. The number of likely N-dealkylation sites (N-methyl/N-ethyl adjacent to an activating group) is 1. The number of carbonyl (C=O) groups excluding carboxylic acids is 3. The molecule has 2 amide bonds. The van der Waals surface area contributed by atoms with E-state index < -0.39 is 24.2 Å². The minimum Gasteiger partial charge on any atom is -0.365 e. The second-order valence-electron chi connectivity index (χ2n) is 10.6. The average molecular weight is 554 g/mol. The molecule has 0 radical (unpaired) electrons. The van der Waals surface area contributed by atoms with Crippen LogP contribution >= 0.6 is 11.3 Å². The Morgan fingerprint density at radius 2 is 1.95 bits per heavy atom. The molecule has 1 aromatic carbocycles. The average Bonchev–Trinajstić information content (AvgIpc) is 3.68. The first-order valence-corrected chi connectivity index (χ1v) is 14.3. The molecule has 3 fully saturated rings. The van der Waals surface area contributed by atoms with Crippen LogP contribution in [0.25, 0.3) is 11.3 Å². The van der Waals surface area contributed by atoms with E-state index in [1.165, 1.54) is 4.90 Å². The first-order chi connectivity index (χ1) is 18.8. The summed E-state index contributed by atoms with van der Waals surface area (Å²) >= 11 is 1.62. The topological polar surface area (TPSA) is 131 Å². The number of fused-ring (bicyclic) bond motifs is 1. The Kier molecular flexibility index (Phi) is 8.06. The number of ketones is 1. The van der Waals surface area contributed by atoms with E-state index in [9.17, 15) is 14.4 Å². The van der Waals surface area contributed by atoms with Gasteiger partial charge in [-0.25, -0.2) is 10.5 Å². The number of aromatic nitrogens is 1. The van der Waals surface area contributed by atoms with Crippen LogP contribution in [-0.4, -0.2) is 103 Å². The van der Waals surface area contributed by atoms with Crippen molar-refractivity contribution in [3.63, 3.8) is 0 Å². The molecule has 0 aliphatic carbocycles. The van der Waals surface area contributed by atoms with Crippen LogP contribution in [0.2, 0.25) is 0 Å². The molecule has 39 heavy (non-hydrogen) atoms. The third-order valence-electron chi connectivity index (χ3n) is 8.08. The zero-order valence-corrected chi connectivity index (χ0v) is 23.3. The van der Waals surface area contributed by atoms with E-state index >= 15 is 0 Å². The van der Waals surface area contributed by atoms with Gasteiger partial charge >= 0.3 is 0 Å². The third-order valence-corrected chi connectivity index (χ3v) is 8.98. The van der Waals surface area contributed by atoms with Crippen molar-refractivity contribution < 1.29 is 19.1 Å². The van der Waals surface area contributed by atoms with E-state index in [2.05, 4.69) is 27.3 Å². The molecule has 5 atom stereocenters. The predicted molar refractivity (Wildman–Crippen MR) is 147 cm³/mol. The fourth-order valence-corrected chi connectivity index (χ4v) is 6.28. The van der Waals surface area contributed by atoms with E-state index in [1.807, 2.05) is 31.4 Å². The van der Waals surface area contributed by atoms with Crippen LogP contribution in [-0.2, 0) is 14.3 Å². The maximum atomic E-state index is 13.6. The van der Waals surface area contributed by atoms with Gasteiger partial charge in [-0.05, 0) is 25.1 Å². The molecular formula is C27H35N7O4S. The summed E-state index contributed by atoms with van der Waals surface area (Å²) in [5, 5.41) is 9.53. The number of piperazine rings is 1. The summed E-state index contributed by atoms with van der Waals surface area (Å²) < 4.78 is 5.52. The molecule has 11 nitrogen and oxygen atoms in total. The van der Waals surface area contributed by atoms with Crippen LogP contribution in [0.1, 0.15) is 30.6 Å². The number of nitrogens with zero attached hydrogens (tertiary/aromatic N) is 5. The number of Topliss-reactive ketones (excluding diaryl/α,β-unsaturated/α-hetero) is 1. The van der Waals surface area contributed by atoms with Crippen LogP contribution < -0.4 is 10.2 Å². The lowest BCUT2D eigenvalue weighted by atomic mass is 9.96. The molecular weight excluding hydrogens is 518 g/mol. The minimum atomic E-state index is -0.814. The van der Waals surface area contributed by atoms with Crippen LogP contribution in [0.15, 0.2) is 34.8 Å². The smallest absolute Gasteiger partial charge is 0.251 e. The molecule has 12 heteroatoms. The Labute approximate surface area is 232 Å². The van der Waals surface area contributed by atoms with Gasteiger partial charge in [-0.3, -0.25) is 14.4 Å². The summed E-state index contributed by atoms with van der Waals surface area (Å²) in [7, 11) is 2.13. The van der Waals surface area contributed by atoms with Gasteiger partial charge in [-0.2, -0.15) is 5.11 Å². The summed E-state index contributed by atoms with van der Waals surface area (Å²) in [6.07, 6.45) is 0.0653. The van der Waals surface area contributed by atoms with E-state index in [0.29, 0.717) is 12.0 Å². The number of thiazole rings is 1. The monoisotopic (exact) mass is 553 g/mol. The second kappa shape index (κ2) is 11.5. The molecule has 1 unspecified atom stereocenters. The number of nitrogens with one attached hydrogen (secondary N) is 2. The second-order valence-corrected chi connectivity index (χ2v) is 11.4. The normalized spacial score (nSPS) is 24.9. The highest BCUT2D eigenvalue weighted by Gasteiger charge is 2.53. The van der Waals surface area contributed by atoms with Gasteiger partial charge in [0.25, 0.3) is 5.91 Å². The number of rotatable bonds is 8. The Morgan fingerprint density at radius 1 is 1.23 bits per heavy atom. The van der Waals surface area contributed by atoms with Crippen molar-refractivity contribution in [1.82, 2.24) is 20.1 Å². The Bertz CT molecular complexity index is 1230. The van der Waals surface area contributed by atoms with Gasteiger partial charge in [0.05, 0.1) is 5.69 Å². The van der Waals surface area contributed by atoms with Crippen LogP contribution in [0, 0.1) is 11.4 Å². The fourth-order valence-electron chi connectivity index (χ4n) is 5.39. The number of benzene rings is 1. The lowest BCUT2D eigenvalue weighted by molar-refractivity contribution is -0.139. The summed E-state index contributed by atoms with van der Waals surface area (Å²) in [5.41, 5.74) is 9.69. The Hall–Kier alpha value is -3.22. The van der Waals surface area contributed by atoms with Crippen molar-refractivity contribution in [2.75, 3.05) is 51.3 Å². The number of hydrogen-bond acceptors (Lipinski definition) is 10. The molecule has 2 aromatic rings. The maximum Gasteiger partial charge on any atom is 0.251 e. The standard InChI is InChI=1S/C27H35N7O4S/c1-4-16(2)22(26(37)34-13-19(31-28)24-23(34)21(35)14-38-24)30-25(36)18-7-5-17(6-8-18)20-15-39-27(29-20)33-11-9-32(3)10-12-33/h5-8,15-16,19,22-24,28H,4,9-14H2,1-3H3,(H,30,36)/t16?,19-,22+,23-,24-/m1/s1. The molecule has 5 rings (SSSR count). The van der Waals surface area contributed by atoms with Gasteiger partial charge in [0.15, 0.2) is 10.9 Å². The molecule has 3 saturated heterocycles. The number of amides is 2. The highest BCUT2D eigenvalue weighted by atomic mass is 32.1. The summed E-state index contributed by atoms with van der Waals surface area (Å²) in [5.74, 6) is -1.05. The fraction of sp³-hybridized carbons (Fsp3) is 0.556. The van der Waals surface area contributed by atoms with Crippen LogP contribution in [0.5, 0.6) is 0 Å². The van der Waals surface area contributed by atoms with E-state index in [4.69, 9.17) is 15.3 Å². The molecule has 4 heterocycles. The quantitative estimate of drug-likeness (QED) is 0.480. The van der Waals surface area contributed by atoms with Crippen molar-refractivity contribution in [3.8, 4) is 11.3 Å². The van der Waals surface area contributed by atoms with E-state index in [-0.39, 0.29) is 36.7 Å². The molecule has 3 aliphatic rings. The number of carbonyl (C=O) groups is 3. The number of anilines is 1. The molecule has 3 aliphatic heterocycles. The zero-order chi connectivity index (χ0) is 27.7. The molecule has 0 saturated carbocycles. The van der Waals surface area contributed by atoms with Crippen molar-refractivity contribution >= 4 is 34.1 Å². The lowest BCUT2D eigenvalue weighted by Crippen LogP contribution is -2.54. The predicted octanol–water partition coefficient (Wildman–Crippen LogP) is 2.28.